The van der Waals surface area contributed by atoms with Crippen molar-refractivity contribution in [2.45, 2.75) is 58.2 Å². The van der Waals surface area contributed by atoms with Crippen molar-refractivity contribution in [2.24, 2.45) is 28.9 Å². The van der Waals surface area contributed by atoms with Gasteiger partial charge in [0, 0.05) is 36.2 Å². The molecule has 4 rings (SSSR count). The van der Waals surface area contributed by atoms with Crippen LogP contribution in [-0.4, -0.2) is 42.5 Å². The van der Waals surface area contributed by atoms with Crippen LogP contribution in [0.15, 0.2) is 18.2 Å². The summed E-state index contributed by atoms with van der Waals surface area (Å²) in [5.41, 5.74) is 6.31. The average Bonchev–Trinajstić information content (AvgIpc) is 3.23. The van der Waals surface area contributed by atoms with E-state index < -0.39 is 17.7 Å². The van der Waals surface area contributed by atoms with Crippen LogP contribution in [0.5, 0.6) is 0 Å². The molecular weight excluding hydrogens is 374 g/mol. The van der Waals surface area contributed by atoms with Gasteiger partial charge in [0.1, 0.15) is 23.5 Å². The maximum absolute atomic E-state index is 14.1. The number of rotatable bonds is 4. The molecule has 1 saturated carbocycles. The van der Waals surface area contributed by atoms with Crippen LogP contribution >= 0.6 is 0 Å². The fourth-order valence-corrected chi connectivity index (χ4v) is 5.66. The Morgan fingerprint density at radius 2 is 1.83 bits per heavy atom. The maximum Gasteiger partial charge on any atom is 0.135 e. The molecule has 3 fully saturated rings. The highest BCUT2D eigenvalue weighted by Crippen LogP contribution is 2.49. The first-order valence-electron chi connectivity index (χ1n) is 10.7. The largest absolute Gasteiger partial charge is 0.370 e. The number of ketones is 1. The second-order valence-electron chi connectivity index (χ2n) is 9.89. The van der Waals surface area contributed by atoms with Gasteiger partial charge in [0.15, 0.2) is 0 Å². The van der Waals surface area contributed by atoms with Crippen LogP contribution in [0, 0.1) is 34.8 Å². The van der Waals surface area contributed by atoms with E-state index in [0.29, 0.717) is 30.8 Å². The van der Waals surface area contributed by atoms with E-state index in [1.54, 1.807) is 6.92 Å². The molecule has 29 heavy (non-hydrogen) atoms. The van der Waals surface area contributed by atoms with Crippen molar-refractivity contribution in [3.8, 4) is 0 Å². The molecule has 3 unspecified atom stereocenters. The predicted octanol–water partition coefficient (Wildman–Crippen LogP) is 3.70. The molecule has 0 aromatic heterocycles. The summed E-state index contributed by atoms with van der Waals surface area (Å²) in [7, 11) is 0. The third-order valence-electron chi connectivity index (χ3n) is 7.89. The van der Waals surface area contributed by atoms with Crippen molar-refractivity contribution in [1.29, 1.82) is 0 Å². The van der Waals surface area contributed by atoms with Gasteiger partial charge in [0.05, 0.1) is 6.61 Å². The van der Waals surface area contributed by atoms with E-state index in [0.717, 1.165) is 38.1 Å². The monoisotopic (exact) mass is 406 g/mol. The fraction of sp³-hybridized carbons (Fsp3) is 0.696. The number of likely N-dealkylation sites (tertiary alicyclic amines) is 1. The lowest BCUT2D eigenvalue weighted by Crippen LogP contribution is -2.49. The Labute approximate surface area is 171 Å². The SMILES string of the molecule is CC(=O)C(C)(C)C1CC2CN([C@H]3CO[C@H](c4cc(F)ccc4F)C(N)C3)CC2C1. The highest BCUT2D eigenvalue weighted by molar-refractivity contribution is 5.81. The van der Waals surface area contributed by atoms with Crippen molar-refractivity contribution in [3.05, 3.63) is 35.4 Å². The summed E-state index contributed by atoms with van der Waals surface area (Å²) in [6.45, 7) is 8.37. The molecule has 0 amide bonds. The van der Waals surface area contributed by atoms with Crippen LogP contribution < -0.4 is 5.73 Å². The number of benzene rings is 1. The third kappa shape index (κ3) is 3.87. The van der Waals surface area contributed by atoms with E-state index in [1.807, 2.05) is 0 Å². The standard InChI is InChI=1S/C23H32F2N2O2/c1-13(28)23(2,3)16-6-14-10-27(11-15(14)7-16)18-9-21(26)22(29-12-18)19-8-17(24)4-5-20(19)25/h4-5,8,14-16,18,21-22H,6-7,9-12,26H2,1-3H3/t14?,15?,16?,18-,21?,22-/m1/s1. The van der Waals surface area contributed by atoms with E-state index in [4.69, 9.17) is 10.5 Å². The third-order valence-corrected chi connectivity index (χ3v) is 7.89. The number of ether oxygens (including phenoxy) is 1. The zero-order valence-corrected chi connectivity index (χ0v) is 17.5. The molecule has 5 atom stereocenters. The van der Waals surface area contributed by atoms with Gasteiger partial charge in [-0.05, 0) is 62.1 Å². The van der Waals surface area contributed by atoms with Gasteiger partial charge in [-0.3, -0.25) is 9.69 Å². The summed E-state index contributed by atoms with van der Waals surface area (Å²) in [4.78, 5) is 14.5. The fourth-order valence-electron chi connectivity index (χ4n) is 5.66. The lowest BCUT2D eigenvalue weighted by molar-refractivity contribution is -0.127. The van der Waals surface area contributed by atoms with E-state index in [2.05, 4.69) is 18.7 Å². The second kappa shape index (κ2) is 7.71. The first-order valence-corrected chi connectivity index (χ1v) is 10.7. The Hall–Kier alpha value is -1.37. The number of nitrogens with two attached hydrogens (primary N) is 1. The first kappa shape index (κ1) is 20.9. The van der Waals surface area contributed by atoms with Crippen LogP contribution in [0.2, 0.25) is 0 Å². The molecule has 1 aromatic rings. The highest BCUT2D eigenvalue weighted by atomic mass is 19.1. The molecule has 0 radical (unpaired) electrons. The summed E-state index contributed by atoms with van der Waals surface area (Å²) in [5.74, 6) is 1.03. The molecule has 2 N–H and O–H groups in total. The number of carbonyl (C=O) groups excluding carboxylic acids is 1. The molecule has 6 heteroatoms. The minimum atomic E-state index is -0.607. The molecule has 160 valence electrons. The Balaban J connectivity index is 1.36. The van der Waals surface area contributed by atoms with Gasteiger partial charge in [-0.25, -0.2) is 8.78 Å². The van der Waals surface area contributed by atoms with Crippen molar-refractivity contribution in [1.82, 2.24) is 4.90 Å². The van der Waals surface area contributed by atoms with E-state index in [-0.39, 0.29) is 28.8 Å². The van der Waals surface area contributed by atoms with Crippen molar-refractivity contribution >= 4 is 5.78 Å². The van der Waals surface area contributed by atoms with Gasteiger partial charge in [-0.2, -0.15) is 0 Å². The molecule has 0 bridgehead atoms. The minimum absolute atomic E-state index is 0.211. The lowest BCUT2D eigenvalue weighted by Gasteiger charge is -2.39. The summed E-state index contributed by atoms with van der Waals surface area (Å²) in [6.07, 6.45) is 2.31. The van der Waals surface area contributed by atoms with Gasteiger partial charge in [0.25, 0.3) is 0 Å². The average molecular weight is 407 g/mol. The lowest BCUT2D eigenvalue weighted by atomic mass is 9.74. The minimum Gasteiger partial charge on any atom is -0.370 e. The normalized spacial score (nSPS) is 35.7. The number of carbonyl (C=O) groups is 1. The molecule has 2 heterocycles. The van der Waals surface area contributed by atoms with E-state index in [9.17, 15) is 13.6 Å². The molecular formula is C23H32F2N2O2. The van der Waals surface area contributed by atoms with Gasteiger partial charge < -0.3 is 10.5 Å². The van der Waals surface area contributed by atoms with Crippen LogP contribution in [-0.2, 0) is 9.53 Å². The van der Waals surface area contributed by atoms with Crippen LogP contribution in [0.1, 0.15) is 51.7 Å². The number of halogens is 2. The number of Topliss-reactive ketones (excluding diaryl/α,β-unsaturated/α-hetero) is 1. The van der Waals surface area contributed by atoms with Crippen molar-refractivity contribution < 1.29 is 18.3 Å². The zero-order valence-electron chi connectivity index (χ0n) is 17.5. The molecule has 2 saturated heterocycles. The summed E-state index contributed by atoms with van der Waals surface area (Å²) >= 11 is 0. The molecule has 1 aliphatic carbocycles. The summed E-state index contributed by atoms with van der Waals surface area (Å²) < 4.78 is 33.6. The van der Waals surface area contributed by atoms with Crippen LogP contribution in [0.25, 0.3) is 0 Å². The van der Waals surface area contributed by atoms with E-state index >= 15 is 0 Å². The summed E-state index contributed by atoms with van der Waals surface area (Å²) in [5, 5.41) is 0. The first-order chi connectivity index (χ1) is 13.7. The second-order valence-corrected chi connectivity index (χ2v) is 9.89. The smallest absolute Gasteiger partial charge is 0.135 e. The van der Waals surface area contributed by atoms with Gasteiger partial charge >= 0.3 is 0 Å². The number of fused-ring (bicyclic) bond motifs is 1. The van der Waals surface area contributed by atoms with Crippen molar-refractivity contribution in [3.63, 3.8) is 0 Å². The maximum atomic E-state index is 14.1. The topological polar surface area (TPSA) is 55.6 Å². The summed E-state index contributed by atoms with van der Waals surface area (Å²) in [6, 6.07) is 3.28. The number of hydrogen-bond acceptors (Lipinski definition) is 4. The van der Waals surface area contributed by atoms with Gasteiger partial charge in [-0.15, -0.1) is 0 Å². The number of nitrogens with zero attached hydrogens (tertiary/aromatic N) is 1. The number of hydrogen-bond donors (Lipinski definition) is 1. The Kier molecular flexibility index (Phi) is 5.55. The van der Waals surface area contributed by atoms with Crippen LogP contribution in [0.4, 0.5) is 8.78 Å². The molecule has 3 aliphatic rings. The molecule has 4 nitrogen and oxygen atoms in total. The predicted molar refractivity (Wildman–Crippen MR) is 107 cm³/mol. The van der Waals surface area contributed by atoms with Crippen LogP contribution in [0.3, 0.4) is 0 Å². The Morgan fingerprint density at radius 1 is 1.17 bits per heavy atom. The highest BCUT2D eigenvalue weighted by Gasteiger charge is 2.49. The molecule has 2 aliphatic heterocycles. The van der Waals surface area contributed by atoms with Crippen molar-refractivity contribution in [2.75, 3.05) is 19.7 Å². The molecule has 0 spiro atoms. The van der Waals surface area contributed by atoms with Gasteiger partial charge in [0.2, 0.25) is 0 Å². The van der Waals surface area contributed by atoms with E-state index in [1.165, 1.54) is 6.07 Å². The Morgan fingerprint density at radius 3 is 2.41 bits per heavy atom. The quantitative estimate of drug-likeness (QED) is 0.829. The Bertz CT molecular complexity index is 770. The zero-order chi connectivity index (χ0) is 20.9. The van der Waals surface area contributed by atoms with Gasteiger partial charge in [-0.1, -0.05) is 13.8 Å². The molecule has 1 aromatic carbocycles.